The molecule has 0 saturated carbocycles. The normalized spacial score (nSPS) is 13.1. The zero-order valence-electron chi connectivity index (χ0n) is 16.6. The first-order valence-corrected chi connectivity index (χ1v) is 16.3. The third-order valence-electron chi connectivity index (χ3n) is 5.20. The molecule has 0 aromatic heterocycles. The average molecular weight is 393 g/mol. The molecule has 3 rings (SSSR count). The van der Waals surface area contributed by atoms with Gasteiger partial charge in [-0.05, 0) is 51.1 Å². The third kappa shape index (κ3) is 4.43. The molecule has 0 N–H and O–H groups in total. The minimum absolute atomic E-state index is 0.0170. The highest BCUT2D eigenvalue weighted by Gasteiger charge is 2.19. The van der Waals surface area contributed by atoms with Gasteiger partial charge >= 0.3 is 0 Å². The van der Waals surface area contributed by atoms with Crippen molar-refractivity contribution < 1.29 is 0 Å². The molecule has 0 spiro atoms. The van der Waals surface area contributed by atoms with Gasteiger partial charge in [-0.25, -0.2) is 0 Å². The Morgan fingerprint density at radius 3 is 1.42 bits per heavy atom. The zero-order chi connectivity index (χ0) is 18.7. The van der Waals surface area contributed by atoms with Crippen LogP contribution in [0, 0.1) is 34.6 Å². The Morgan fingerprint density at radius 2 is 1.00 bits per heavy atom. The third-order valence-corrected chi connectivity index (χ3v) is 19.8. The van der Waals surface area contributed by atoms with Crippen LogP contribution in [-0.4, -0.2) is 18.4 Å². The molecule has 0 aliphatic heterocycles. The molecule has 0 aliphatic rings. The van der Waals surface area contributed by atoms with E-state index in [0.29, 0.717) is 0 Å². The second kappa shape index (κ2) is 8.48. The highest BCUT2D eigenvalue weighted by molar-refractivity contribution is 8.13. The van der Waals surface area contributed by atoms with Crippen molar-refractivity contribution in [3.63, 3.8) is 0 Å². The monoisotopic (exact) mass is 392 g/mol. The summed E-state index contributed by atoms with van der Waals surface area (Å²) in [6, 6.07) is 23.0. The number of benzene rings is 3. The Kier molecular flexibility index (Phi) is 6.29. The maximum Gasteiger partial charge on any atom is 0.0828 e. The quantitative estimate of drug-likeness (QED) is 0.462. The van der Waals surface area contributed by atoms with E-state index in [0.717, 1.165) is 0 Å². The van der Waals surface area contributed by atoms with Crippen molar-refractivity contribution in [2.45, 2.75) is 34.6 Å². The van der Waals surface area contributed by atoms with Crippen molar-refractivity contribution in [1.29, 1.82) is 0 Å². The molecule has 0 fully saturated rings. The molecule has 0 aliphatic carbocycles. The Morgan fingerprint density at radius 1 is 0.577 bits per heavy atom. The van der Waals surface area contributed by atoms with Gasteiger partial charge in [-0.1, -0.05) is 87.7 Å². The van der Waals surface area contributed by atoms with Crippen LogP contribution >= 0.6 is 7.02 Å². The second-order valence-corrected chi connectivity index (χ2v) is 20.3. The van der Waals surface area contributed by atoms with Gasteiger partial charge in [0.15, 0.2) is 0 Å². The van der Waals surface area contributed by atoms with Crippen LogP contribution in [-0.2, 0) is 0 Å². The summed E-state index contributed by atoms with van der Waals surface area (Å²) in [7, 11) is -0.643. The minimum Gasteiger partial charge on any atom is -0.102 e. The van der Waals surface area contributed by atoms with Crippen molar-refractivity contribution in [3.8, 4) is 0 Å². The van der Waals surface area contributed by atoms with Gasteiger partial charge in [0.1, 0.15) is 0 Å². The first kappa shape index (κ1) is 19.3. The molecule has 3 aromatic rings. The molecule has 0 bridgehead atoms. The first-order valence-electron chi connectivity index (χ1n) is 9.37. The standard InChI is InChI=1S/C23H29PSi2/c1-16-14-19(4)23(20(5)15-16)24(25-21-12-8-6-10-17(21)2)26-22-13-9-7-11-18(22)3/h6-15H,25-26H2,1-5H3. The maximum absolute atomic E-state index is 2.40. The van der Waals surface area contributed by atoms with Crippen molar-refractivity contribution >= 4 is 41.1 Å². The van der Waals surface area contributed by atoms with Crippen LogP contribution in [0.1, 0.15) is 27.8 Å². The molecular formula is C23H29PSi2. The van der Waals surface area contributed by atoms with Gasteiger partial charge in [0.05, 0.1) is 18.4 Å². The highest BCUT2D eigenvalue weighted by Crippen LogP contribution is 2.33. The van der Waals surface area contributed by atoms with Crippen molar-refractivity contribution in [1.82, 2.24) is 0 Å². The summed E-state index contributed by atoms with van der Waals surface area (Å²) in [6.07, 6.45) is 0. The molecule has 0 amide bonds. The summed E-state index contributed by atoms with van der Waals surface area (Å²) in [5.41, 5.74) is 7.43. The van der Waals surface area contributed by atoms with E-state index in [1.807, 2.05) is 0 Å². The number of hydrogen-bond donors (Lipinski definition) is 0. The fourth-order valence-corrected chi connectivity index (χ4v) is 21.7. The van der Waals surface area contributed by atoms with Crippen LogP contribution in [0.5, 0.6) is 0 Å². The number of hydrogen-bond acceptors (Lipinski definition) is 0. The Balaban J connectivity index is 2.05. The summed E-state index contributed by atoms with van der Waals surface area (Å²) in [6.45, 7) is 11.5. The molecule has 0 atom stereocenters. The van der Waals surface area contributed by atoms with Crippen LogP contribution in [0.15, 0.2) is 60.7 Å². The van der Waals surface area contributed by atoms with E-state index in [4.69, 9.17) is 0 Å². The van der Waals surface area contributed by atoms with E-state index in [-0.39, 0.29) is 25.4 Å². The van der Waals surface area contributed by atoms with Gasteiger partial charge in [0.2, 0.25) is 0 Å². The number of aryl methyl sites for hydroxylation is 5. The lowest BCUT2D eigenvalue weighted by Gasteiger charge is -2.24. The van der Waals surface area contributed by atoms with Crippen molar-refractivity contribution in [3.05, 3.63) is 88.5 Å². The Labute approximate surface area is 164 Å². The first-order chi connectivity index (χ1) is 12.5. The second-order valence-electron chi connectivity index (χ2n) is 7.46. The maximum atomic E-state index is 2.40. The average Bonchev–Trinajstić information content (AvgIpc) is 2.58. The molecule has 0 saturated heterocycles. The number of rotatable bonds is 5. The van der Waals surface area contributed by atoms with Gasteiger partial charge in [-0.3, -0.25) is 0 Å². The SMILES string of the molecule is Cc1cc(C)c(P([SiH2]c2ccccc2C)[SiH2]c2ccccc2C)c(C)c1. The van der Waals surface area contributed by atoms with E-state index >= 15 is 0 Å². The fourth-order valence-electron chi connectivity index (χ4n) is 3.87. The fraction of sp³-hybridized carbons (Fsp3) is 0.217. The van der Waals surface area contributed by atoms with E-state index in [1.54, 1.807) is 15.7 Å². The summed E-state index contributed by atoms with van der Waals surface area (Å²) >= 11 is 0. The summed E-state index contributed by atoms with van der Waals surface area (Å²) < 4.78 is 0. The molecule has 134 valence electrons. The molecular weight excluding hydrogens is 363 g/mol. The molecule has 3 heteroatoms. The van der Waals surface area contributed by atoms with E-state index in [1.165, 1.54) is 27.8 Å². The van der Waals surface area contributed by atoms with Gasteiger partial charge in [-0.15, -0.1) is 7.02 Å². The van der Waals surface area contributed by atoms with E-state index < -0.39 is 0 Å². The molecule has 0 nitrogen and oxygen atoms in total. The summed E-state index contributed by atoms with van der Waals surface area (Å²) in [5, 5.41) is 5.05. The van der Waals surface area contributed by atoms with Gasteiger partial charge in [0, 0.05) is 0 Å². The van der Waals surface area contributed by atoms with Crippen LogP contribution in [0.3, 0.4) is 0 Å². The van der Waals surface area contributed by atoms with Gasteiger partial charge in [0.25, 0.3) is 0 Å². The molecule has 3 aromatic carbocycles. The predicted octanol–water partition coefficient (Wildman–Crippen LogP) is 3.15. The molecule has 0 heterocycles. The lowest BCUT2D eigenvalue weighted by atomic mass is 10.1. The van der Waals surface area contributed by atoms with Crippen LogP contribution in [0.25, 0.3) is 0 Å². The van der Waals surface area contributed by atoms with Crippen LogP contribution in [0.2, 0.25) is 0 Å². The lowest BCUT2D eigenvalue weighted by molar-refractivity contribution is 1.36. The molecule has 26 heavy (non-hydrogen) atoms. The van der Waals surface area contributed by atoms with Crippen LogP contribution < -0.4 is 15.7 Å². The van der Waals surface area contributed by atoms with E-state index in [9.17, 15) is 0 Å². The Bertz CT molecular complexity index is 847. The molecule has 0 unspecified atom stereocenters. The van der Waals surface area contributed by atoms with Crippen molar-refractivity contribution in [2.24, 2.45) is 0 Å². The largest absolute Gasteiger partial charge is 0.102 e. The minimum atomic E-state index is -0.313. The smallest absolute Gasteiger partial charge is 0.0828 e. The van der Waals surface area contributed by atoms with Crippen LogP contribution in [0.4, 0.5) is 0 Å². The highest BCUT2D eigenvalue weighted by atomic mass is 31.6. The topological polar surface area (TPSA) is 0 Å². The van der Waals surface area contributed by atoms with Gasteiger partial charge in [-0.2, -0.15) is 0 Å². The predicted molar refractivity (Wildman–Crippen MR) is 126 cm³/mol. The van der Waals surface area contributed by atoms with Gasteiger partial charge < -0.3 is 0 Å². The molecule has 0 radical (unpaired) electrons. The summed E-state index contributed by atoms with van der Waals surface area (Å²) in [5.74, 6) is 0. The lowest BCUT2D eigenvalue weighted by Crippen LogP contribution is -2.30. The van der Waals surface area contributed by atoms with Crippen molar-refractivity contribution in [2.75, 3.05) is 0 Å². The van der Waals surface area contributed by atoms with E-state index in [2.05, 4.69) is 95.3 Å². The zero-order valence-corrected chi connectivity index (χ0v) is 20.4. The Hall–Kier alpha value is -1.48. The summed E-state index contributed by atoms with van der Waals surface area (Å²) in [4.78, 5) is 0.